The van der Waals surface area contributed by atoms with E-state index in [2.05, 4.69) is 39.3 Å². The normalized spacial score (nSPS) is 28.1. The number of rotatable bonds is 5. The molecule has 1 aliphatic rings. The van der Waals surface area contributed by atoms with Crippen LogP contribution in [-0.4, -0.2) is 24.6 Å². The van der Waals surface area contributed by atoms with Crippen molar-refractivity contribution in [1.82, 2.24) is 5.32 Å². The smallest absolute Gasteiger partial charge is 0.0129 e. The molecule has 1 nitrogen and oxygen atoms in total. The van der Waals surface area contributed by atoms with Gasteiger partial charge < -0.3 is 5.32 Å². The van der Waals surface area contributed by atoms with Crippen LogP contribution in [-0.2, 0) is 0 Å². The van der Waals surface area contributed by atoms with Crippen LogP contribution in [0.3, 0.4) is 0 Å². The predicted molar refractivity (Wildman–Crippen MR) is 80.7 cm³/mol. The Balaban J connectivity index is 2.19. The molecule has 1 N–H and O–H groups in total. The maximum absolute atomic E-state index is 3.69. The molecule has 1 aliphatic carbocycles. The van der Waals surface area contributed by atoms with Gasteiger partial charge in [0.05, 0.1) is 0 Å². The Bertz CT molecular complexity index is 201. The van der Waals surface area contributed by atoms with Crippen molar-refractivity contribution in [3.05, 3.63) is 0 Å². The van der Waals surface area contributed by atoms with Gasteiger partial charge in [-0.05, 0) is 62.7 Å². The van der Waals surface area contributed by atoms with Crippen molar-refractivity contribution < 1.29 is 0 Å². The molecule has 0 aliphatic heterocycles. The highest BCUT2D eigenvalue weighted by atomic mass is 32.2. The van der Waals surface area contributed by atoms with Gasteiger partial charge in [0, 0.05) is 11.8 Å². The summed E-state index contributed by atoms with van der Waals surface area (Å²) in [6, 6.07) is 0.672. The standard InChI is InChI=1S/C15H31NS/c1-12(11-17-5)16-10-13-6-8-14(9-7-13)15(2,3)4/h12-14,16H,6-11H2,1-5H3. The van der Waals surface area contributed by atoms with Crippen molar-refractivity contribution in [2.75, 3.05) is 18.6 Å². The van der Waals surface area contributed by atoms with Crippen LogP contribution < -0.4 is 5.32 Å². The Morgan fingerprint density at radius 1 is 1.18 bits per heavy atom. The van der Waals surface area contributed by atoms with Crippen molar-refractivity contribution in [3.63, 3.8) is 0 Å². The van der Waals surface area contributed by atoms with Gasteiger partial charge in [0.25, 0.3) is 0 Å². The molecule has 0 bridgehead atoms. The third-order valence-electron chi connectivity index (χ3n) is 4.24. The number of hydrogen-bond acceptors (Lipinski definition) is 2. The van der Waals surface area contributed by atoms with Gasteiger partial charge in [0.2, 0.25) is 0 Å². The molecule has 0 aromatic carbocycles. The van der Waals surface area contributed by atoms with Crippen LogP contribution in [0.4, 0.5) is 0 Å². The molecule has 0 aromatic heterocycles. The highest BCUT2D eigenvalue weighted by molar-refractivity contribution is 7.98. The molecule has 0 aromatic rings. The van der Waals surface area contributed by atoms with E-state index < -0.39 is 0 Å². The zero-order valence-electron chi connectivity index (χ0n) is 12.4. The maximum atomic E-state index is 3.69. The van der Waals surface area contributed by atoms with Gasteiger partial charge in [0.1, 0.15) is 0 Å². The number of hydrogen-bond donors (Lipinski definition) is 1. The summed E-state index contributed by atoms with van der Waals surface area (Å²) in [6.07, 6.45) is 7.92. The van der Waals surface area contributed by atoms with E-state index in [1.807, 2.05) is 11.8 Å². The van der Waals surface area contributed by atoms with E-state index in [9.17, 15) is 0 Å². The average Bonchev–Trinajstić information content (AvgIpc) is 2.26. The Morgan fingerprint density at radius 3 is 2.24 bits per heavy atom. The Kier molecular flexibility index (Phi) is 6.36. The topological polar surface area (TPSA) is 12.0 Å². The van der Waals surface area contributed by atoms with Gasteiger partial charge in [0.15, 0.2) is 0 Å². The van der Waals surface area contributed by atoms with Gasteiger partial charge in [-0.1, -0.05) is 20.8 Å². The van der Waals surface area contributed by atoms with E-state index in [0.29, 0.717) is 11.5 Å². The lowest BCUT2D eigenvalue weighted by Crippen LogP contribution is -2.35. The third-order valence-corrected chi connectivity index (χ3v) is 5.08. The summed E-state index contributed by atoms with van der Waals surface area (Å²) >= 11 is 1.94. The van der Waals surface area contributed by atoms with Crippen LogP contribution in [0, 0.1) is 17.3 Å². The molecule has 0 amide bonds. The molecule has 102 valence electrons. The van der Waals surface area contributed by atoms with Gasteiger partial charge >= 0.3 is 0 Å². The second-order valence-corrected chi connectivity index (χ2v) is 7.76. The lowest BCUT2D eigenvalue weighted by atomic mass is 9.70. The van der Waals surface area contributed by atoms with E-state index in [1.165, 1.54) is 38.0 Å². The molecule has 1 rings (SSSR count). The minimum Gasteiger partial charge on any atom is -0.313 e. The summed E-state index contributed by atoms with van der Waals surface area (Å²) in [4.78, 5) is 0. The van der Waals surface area contributed by atoms with Gasteiger partial charge in [-0.3, -0.25) is 0 Å². The monoisotopic (exact) mass is 257 g/mol. The summed E-state index contributed by atoms with van der Waals surface area (Å²) in [7, 11) is 0. The highest BCUT2D eigenvalue weighted by Crippen LogP contribution is 2.39. The number of nitrogens with one attached hydrogen (secondary N) is 1. The molecule has 1 atom stereocenters. The molecule has 2 heteroatoms. The van der Waals surface area contributed by atoms with Crippen molar-refractivity contribution in [3.8, 4) is 0 Å². The van der Waals surface area contributed by atoms with E-state index >= 15 is 0 Å². The minimum atomic E-state index is 0.518. The largest absolute Gasteiger partial charge is 0.313 e. The van der Waals surface area contributed by atoms with Crippen molar-refractivity contribution >= 4 is 11.8 Å². The first-order valence-corrected chi connectivity index (χ1v) is 8.55. The van der Waals surface area contributed by atoms with Gasteiger partial charge in [-0.25, -0.2) is 0 Å². The second-order valence-electron chi connectivity index (χ2n) is 6.85. The zero-order chi connectivity index (χ0) is 12.9. The summed E-state index contributed by atoms with van der Waals surface area (Å²) in [5, 5.41) is 3.69. The molecule has 1 fully saturated rings. The third kappa shape index (κ3) is 5.65. The van der Waals surface area contributed by atoms with Crippen molar-refractivity contribution in [2.24, 2.45) is 17.3 Å². The lowest BCUT2D eigenvalue weighted by molar-refractivity contribution is 0.148. The second kappa shape index (κ2) is 7.04. The molecule has 0 heterocycles. The van der Waals surface area contributed by atoms with Crippen LogP contribution in [0.5, 0.6) is 0 Å². The van der Waals surface area contributed by atoms with E-state index in [-0.39, 0.29) is 0 Å². The Hall–Kier alpha value is 0.310. The van der Waals surface area contributed by atoms with Crippen LogP contribution >= 0.6 is 11.8 Å². The molecule has 17 heavy (non-hydrogen) atoms. The van der Waals surface area contributed by atoms with Crippen molar-refractivity contribution in [1.29, 1.82) is 0 Å². The molecule has 1 unspecified atom stereocenters. The Morgan fingerprint density at radius 2 is 1.76 bits per heavy atom. The minimum absolute atomic E-state index is 0.518. The molecular formula is C15H31NS. The highest BCUT2D eigenvalue weighted by Gasteiger charge is 2.29. The first kappa shape index (κ1) is 15.4. The summed E-state index contributed by atoms with van der Waals surface area (Å²) in [5.74, 6) is 3.11. The summed E-state index contributed by atoms with van der Waals surface area (Å²) in [5.41, 5.74) is 0.518. The fourth-order valence-corrected chi connectivity index (χ4v) is 3.53. The summed E-state index contributed by atoms with van der Waals surface area (Å²) in [6.45, 7) is 10.7. The lowest BCUT2D eigenvalue weighted by Gasteiger charge is -2.37. The van der Waals surface area contributed by atoms with E-state index in [0.717, 1.165) is 11.8 Å². The SMILES string of the molecule is CSCC(C)NCC1CCC(C(C)(C)C)CC1. The first-order valence-electron chi connectivity index (χ1n) is 7.15. The predicted octanol–water partition coefficient (Wildman–Crippen LogP) is 4.18. The molecular weight excluding hydrogens is 226 g/mol. The van der Waals surface area contributed by atoms with Crippen LogP contribution in [0.15, 0.2) is 0 Å². The fraction of sp³-hybridized carbons (Fsp3) is 1.00. The maximum Gasteiger partial charge on any atom is 0.0129 e. The molecule has 1 saturated carbocycles. The van der Waals surface area contributed by atoms with Crippen molar-refractivity contribution in [2.45, 2.75) is 59.4 Å². The average molecular weight is 257 g/mol. The Labute approximate surface area is 113 Å². The zero-order valence-corrected chi connectivity index (χ0v) is 13.2. The molecule has 0 spiro atoms. The van der Waals surface area contributed by atoms with E-state index in [1.54, 1.807) is 0 Å². The fourth-order valence-electron chi connectivity index (χ4n) is 2.91. The van der Waals surface area contributed by atoms with E-state index in [4.69, 9.17) is 0 Å². The number of thioether (sulfide) groups is 1. The van der Waals surface area contributed by atoms with Gasteiger partial charge in [-0.15, -0.1) is 0 Å². The van der Waals surface area contributed by atoms with Gasteiger partial charge in [-0.2, -0.15) is 11.8 Å². The van der Waals surface area contributed by atoms with Crippen LogP contribution in [0.2, 0.25) is 0 Å². The van der Waals surface area contributed by atoms with Crippen LogP contribution in [0.1, 0.15) is 53.4 Å². The quantitative estimate of drug-likeness (QED) is 0.793. The molecule has 0 radical (unpaired) electrons. The summed E-state index contributed by atoms with van der Waals surface area (Å²) < 4.78 is 0. The molecule has 0 saturated heterocycles. The first-order chi connectivity index (χ1) is 7.93. The van der Waals surface area contributed by atoms with Crippen LogP contribution in [0.25, 0.3) is 0 Å².